The highest BCUT2D eigenvalue weighted by Crippen LogP contribution is 2.31. The second-order valence-electron chi connectivity index (χ2n) is 6.04. The average Bonchev–Trinajstić information content (AvgIpc) is 2.54. The molecule has 1 atom stereocenters. The predicted molar refractivity (Wildman–Crippen MR) is 85.2 cm³/mol. The van der Waals surface area contributed by atoms with E-state index in [2.05, 4.69) is 4.90 Å². The Hall–Kier alpha value is -2.28. The van der Waals surface area contributed by atoms with Crippen molar-refractivity contribution in [1.29, 1.82) is 0 Å². The van der Waals surface area contributed by atoms with Crippen molar-refractivity contribution in [3.63, 3.8) is 0 Å². The van der Waals surface area contributed by atoms with Gasteiger partial charge in [0.15, 0.2) is 0 Å². The van der Waals surface area contributed by atoms with Crippen LogP contribution in [-0.2, 0) is 4.79 Å². The summed E-state index contributed by atoms with van der Waals surface area (Å²) in [6.45, 7) is 2.68. The van der Waals surface area contributed by atoms with Crippen molar-refractivity contribution >= 4 is 17.6 Å². The third kappa shape index (κ3) is 2.96. The van der Waals surface area contributed by atoms with Crippen LogP contribution in [0.4, 0.5) is 5.69 Å². The first-order valence-electron chi connectivity index (χ1n) is 7.67. The van der Waals surface area contributed by atoms with Crippen LogP contribution in [0.1, 0.15) is 10.4 Å². The summed E-state index contributed by atoms with van der Waals surface area (Å²) in [6, 6.07) is 4.75. The maximum Gasteiger partial charge on any atom is 0.322 e. The Morgan fingerprint density at radius 3 is 2.74 bits per heavy atom. The highest BCUT2D eigenvalue weighted by molar-refractivity contribution is 5.96. The first kappa shape index (κ1) is 15.6. The van der Waals surface area contributed by atoms with Crippen LogP contribution < -0.4 is 9.64 Å². The number of rotatable bonds is 2. The van der Waals surface area contributed by atoms with Gasteiger partial charge in [-0.1, -0.05) is 0 Å². The summed E-state index contributed by atoms with van der Waals surface area (Å²) in [6.07, 6.45) is 0. The molecule has 7 heteroatoms. The first-order chi connectivity index (χ1) is 11.0. The zero-order valence-corrected chi connectivity index (χ0v) is 13.4. The molecule has 124 valence electrons. The summed E-state index contributed by atoms with van der Waals surface area (Å²) >= 11 is 0. The van der Waals surface area contributed by atoms with E-state index < -0.39 is 12.0 Å². The minimum absolute atomic E-state index is 0.149. The van der Waals surface area contributed by atoms with Crippen LogP contribution in [0.2, 0.25) is 0 Å². The second-order valence-corrected chi connectivity index (χ2v) is 6.04. The van der Waals surface area contributed by atoms with Crippen LogP contribution >= 0.6 is 0 Å². The minimum atomic E-state index is -0.902. The van der Waals surface area contributed by atoms with E-state index in [9.17, 15) is 14.7 Å². The van der Waals surface area contributed by atoms with Crippen LogP contribution in [0.3, 0.4) is 0 Å². The molecule has 7 nitrogen and oxygen atoms in total. The largest absolute Gasteiger partial charge is 0.490 e. The number of piperazine rings is 1. The SMILES string of the molecule is CN1CCOc2cc(C(=O)N3CCN(C)C(C(=O)O)C3)ccc21. The van der Waals surface area contributed by atoms with Crippen LogP contribution in [0.5, 0.6) is 5.75 Å². The number of anilines is 1. The lowest BCUT2D eigenvalue weighted by Gasteiger charge is -2.37. The van der Waals surface area contributed by atoms with E-state index in [0.29, 0.717) is 31.0 Å². The number of amides is 1. The summed E-state index contributed by atoms with van der Waals surface area (Å²) in [5.74, 6) is -0.349. The molecule has 0 radical (unpaired) electrons. The summed E-state index contributed by atoms with van der Waals surface area (Å²) < 4.78 is 5.63. The molecule has 1 saturated heterocycles. The van der Waals surface area contributed by atoms with Gasteiger partial charge in [0, 0.05) is 32.2 Å². The summed E-state index contributed by atoms with van der Waals surface area (Å²) in [7, 11) is 3.75. The van der Waals surface area contributed by atoms with Gasteiger partial charge in [-0.15, -0.1) is 0 Å². The Kier molecular flexibility index (Phi) is 4.12. The fraction of sp³-hybridized carbons (Fsp3) is 0.500. The number of carbonyl (C=O) groups excluding carboxylic acids is 1. The molecular weight excluding hydrogens is 298 g/mol. The van der Waals surface area contributed by atoms with E-state index in [-0.39, 0.29) is 12.5 Å². The van der Waals surface area contributed by atoms with Crippen molar-refractivity contribution in [2.45, 2.75) is 6.04 Å². The van der Waals surface area contributed by atoms with Gasteiger partial charge < -0.3 is 19.6 Å². The number of hydrogen-bond donors (Lipinski definition) is 1. The van der Waals surface area contributed by atoms with Crippen molar-refractivity contribution in [3.05, 3.63) is 23.8 Å². The third-order valence-corrected chi connectivity index (χ3v) is 4.52. The van der Waals surface area contributed by atoms with Crippen molar-refractivity contribution in [3.8, 4) is 5.75 Å². The lowest BCUT2D eigenvalue weighted by molar-refractivity contribution is -0.144. The third-order valence-electron chi connectivity index (χ3n) is 4.52. The van der Waals surface area contributed by atoms with Crippen molar-refractivity contribution < 1.29 is 19.4 Å². The zero-order chi connectivity index (χ0) is 16.6. The van der Waals surface area contributed by atoms with Gasteiger partial charge in [0.25, 0.3) is 5.91 Å². The molecule has 1 N–H and O–H groups in total. The Labute approximate surface area is 135 Å². The molecule has 2 heterocycles. The summed E-state index contributed by atoms with van der Waals surface area (Å²) in [5.41, 5.74) is 1.50. The van der Waals surface area contributed by atoms with Crippen molar-refractivity contribution in [2.24, 2.45) is 0 Å². The van der Waals surface area contributed by atoms with Gasteiger partial charge in [0.1, 0.15) is 18.4 Å². The molecule has 1 aromatic rings. The Morgan fingerprint density at radius 2 is 2.00 bits per heavy atom. The van der Waals surface area contributed by atoms with E-state index in [0.717, 1.165) is 12.2 Å². The Bertz CT molecular complexity index is 634. The van der Waals surface area contributed by atoms with Crippen molar-refractivity contribution in [1.82, 2.24) is 9.80 Å². The number of likely N-dealkylation sites (N-methyl/N-ethyl adjacent to an activating group) is 2. The number of aliphatic carboxylic acids is 1. The van der Waals surface area contributed by atoms with Gasteiger partial charge >= 0.3 is 5.97 Å². The molecule has 1 unspecified atom stereocenters. The Morgan fingerprint density at radius 1 is 1.22 bits per heavy atom. The number of ether oxygens (including phenoxy) is 1. The number of carboxylic acid groups (broad SMARTS) is 1. The smallest absolute Gasteiger partial charge is 0.322 e. The maximum absolute atomic E-state index is 12.7. The molecule has 1 amide bonds. The molecule has 2 aliphatic heterocycles. The Balaban J connectivity index is 1.79. The number of hydrogen-bond acceptors (Lipinski definition) is 5. The minimum Gasteiger partial charge on any atom is -0.490 e. The van der Waals surface area contributed by atoms with E-state index in [1.165, 1.54) is 0 Å². The molecule has 0 saturated carbocycles. The number of fused-ring (bicyclic) bond motifs is 1. The summed E-state index contributed by atoms with van der Waals surface area (Å²) in [5, 5.41) is 9.26. The van der Waals surface area contributed by atoms with Crippen LogP contribution in [0.25, 0.3) is 0 Å². The van der Waals surface area contributed by atoms with Gasteiger partial charge in [0.05, 0.1) is 12.2 Å². The van der Waals surface area contributed by atoms with Crippen molar-refractivity contribution in [2.75, 3.05) is 51.8 Å². The van der Waals surface area contributed by atoms with E-state index in [1.54, 1.807) is 29.0 Å². The molecule has 0 spiro atoms. The molecule has 0 aliphatic carbocycles. The maximum atomic E-state index is 12.7. The lowest BCUT2D eigenvalue weighted by Crippen LogP contribution is -2.56. The molecule has 0 aromatic heterocycles. The molecule has 0 bridgehead atoms. The normalized spacial score (nSPS) is 21.6. The van der Waals surface area contributed by atoms with Gasteiger partial charge in [-0.2, -0.15) is 0 Å². The van der Waals surface area contributed by atoms with Gasteiger partial charge in [-0.05, 0) is 25.2 Å². The molecule has 2 aliphatic rings. The van der Waals surface area contributed by atoms with Gasteiger partial charge in [-0.3, -0.25) is 14.5 Å². The van der Waals surface area contributed by atoms with E-state index in [4.69, 9.17) is 4.74 Å². The topological polar surface area (TPSA) is 73.3 Å². The molecule has 3 rings (SSSR count). The molecule has 1 aromatic carbocycles. The highest BCUT2D eigenvalue weighted by atomic mass is 16.5. The zero-order valence-electron chi connectivity index (χ0n) is 13.4. The first-order valence-corrected chi connectivity index (χ1v) is 7.67. The fourth-order valence-electron chi connectivity index (χ4n) is 3.00. The highest BCUT2D eigenvalue weighted by Gasteiger charge is 2.32. The lowest BCUT2D eigenvalue weighted by atomic mass is 10.1. The summed E-state index contributed by atoms with van der Waals surface area (Å²) in [4.78, 5) is 29.4. The van der Waals surface area contributed by atoms with Crippen LogP contribution in [-0.4, -0.2) is 79.7 Å². The van der Waals surface area contributed by atoms with Crippen LogP contribution in [0.15, 0.2) is 18.2 Å². The average molecular weight is 319 g/mol. The number of carboxylic acids is 1. The molecular formula is C16H21N3O4. The second kappa shape index (κ2) is 6.08. The predicted octanol–water partition coefficient (Wildman–Crippen LogP) is 0.356. The molecule has 23 heavy (non-hydrogen) atoms. The monoisotopic (exact) mass is 319 g/mol. The number of carbonyl (C=O) groups is 2. The molecule has 1 fully saturated rings. The quantitative estimate of drug-likeness (QED) is 0.848. The number of benzene rings is 1. The van der Waals surface area contributed by atoms with Crippen LogP contribution in [0, 0.1) is 0 Å². The van der Waals surface area contributed by atoms with E-state index in [1.807, 2.05) is 13.1 Å². The standard InChI is InChI=1S/C16H21N3O4/c1-17-5-6-19(10-13(17)16(21)22)15(20)11-3-4-12-14(9-11)23-8-7-18(12)2/h3-4,9,13H,5-8,10H2,1-2H3,(H,21,22). The van der Waals surface area contributed by atoms with Gasteiger partial charge in [0.2, 0.25) is 0 Å². The van der Waals surface area contributed by atoms with E-state index >= 15 is 0 Å². The number of nitrogens with zero attached hydrogens (tertiary/aromatic N) is 3. The fourth-order valence-corrected chi connectivity index (χ4v) is 3.00. The van der Waals surface area contributed by atoms with Gasteiger partial charge in [-0.25, -0.2) is 0 Å².